The van der Waals surface area contributed by atoms with Crippen LogP contribution in [0.3, 0.4) is 0 Å². The first kappa shape index (κ1) is 16.1. The van der Waals surface area contributed by atoms with Gasteiger partial charge in [-0.3, -0.25) is 14.6 Å². The lowest BCUT2D eigenvalue weighted by Gasteiger charge is -2.36. The predicted octanol–water partition coefficient (Wildman–Crippen LogP) is 0.551. The van der Waals surface area contributed by atoms with Crippen LogP contribution in [0, 0.1) is 0 Å². The van der Waals surface area contributed by atoms with Crippen molar-refractivity contribution >= 4 is 22.3 Å². The average molecular weight is 340 g/mol. The number of benzene rings is 1. The van der Waals surface area contributed by atoms with Crippen LogP contribution in [0.25, 0.3) is 10.9 Å². The number of aliphatic hydroxyl groups excluding tert-OH is 1. The van der Waals surface area contributed by atoms with Crippen LogP contribution >= 0.6 is 0 Å². The molecule has 25 heavy (non-hydrogen) atoms. The standard InChI is InChI=1S/C18H24N6O/c1-22-13-15-10-14(16-12-19-2-3-20-16)11-17(18(15)21-22)24-6-4-23(5-7-24)8-9-25/h2-3,10-11,13,19,25H,4-9,12H2,1H3. The van der Waals surface area contributed by atoms with Gasteiger partial charge in [-0.1, -0.05) is 0 Å². The number of aromatic nitrogens is 2. The number of piperazine rings is 1. The Balaban J connectivity index is 1.69. The van der Waals surface area contributed by atoms with Gasteiger partial charge in [0, 0.05) is 69.3 Å². The van der Waals surface area contributed by atoms with Crippen molar-refractivity contribution in [2.45, 2.75) is 0 Å². The summed E-state index contributed by atoms with van der Waals surface area (Å²) in [6.45, 7) is 5.53. The summed E-state index contributed by atoms with van der Waals surface area (Å²) in [7, 11) is 1.96. The van der Waals surface area contributed by atoms with E-state index in [1.54, 1.807) is 6.20 Å². The van der Waals surface area contributed by atoms with E-state index in [1.807, 2.05) is 17.9 Å². The van der Waals surface area contributed by atoms with Gasteiger partial charge in [0.25, 0.3) is 0 Å². The maximum absolute atomic E-state index is 9.13. The first-order valence-electron chi connectivity index (χ1n) is 8.75. The van der Waals surface area contributed by atoms with Crippen LogP contribution in [-0.4, -0.2) is 71.4 Å². The summed E-state index contributed by atoms with van der Waals surface area (Å²) < 4.78 is 1.88. The third-order valence-corrected chi connectivity index (χ3v) is 4.86. The molecule has 0 radical (unpaired) electrons. The molecule has 0 atom stereocenters. The molecule has 132 valence electrons. The number of aliphatic imine (C=N–C) groups is 1. The minimum Gasteiger partial charge on any atom is -0.395 e. The molecule has 0 saturated carbocycles. The Morgan fingerprint density at radius 3 is 2.76 bits per heavy atom. The van der Waals surface area contributed by atoms with Crippen LogP contribution in [-0.2, 0) is 7.05 Å². The second kappa shape index (κ2) is 6.85. The second-order valence-electron chi connectivity index (χ2n) is 6.56. The molecule has 4 rings (SSSR count). The minimum atomic E-state index is 0.223. The molecule has 0 bridgehead atoms. The summed E-state index contributed by atoms with van der Waals surface area (Å²) in [6.07, 6.45) is 5.74. The Morgan fingerprint density at radius 2 is 2.04 bits per heavy atom. The third kappa shape index (κ3) is 3.25. The van der Waals surface area contributed by atoms with Crippen molar-refractivity contribution in [1.82, 2.24) is 20.0 Å². The van der Waals surface area contributed by atoms with Crippen molar-refractivity contribution in [3.8, 4) is 0 Å². The lowest BCUT2D eigenvalue weighted by molar-refractivity contribution is 0.189. The van der Waals surface area contributed by atoms with Gasteiger partial charge in [-0.2, -0.15) is 5.10 Å². The molecule has 0 aliphatic carbocycles. The maximum atomic E-state index is 9.13. The average Bonchev–Trinajstić information content (AvgIpc) is 3.03. The number of hydrogen-bond donors (Lipinski definition) is 2. The van der Waals surface area contributed by atoms with E-state index in [0.717, 1.165) is 61.4 Å². The Kier molecular flexibility index (Phi) is 4.42. The van der Waals surface area contributed by atoms with Gasteiger partial charge in [0.1, 0.15) is 5.52 Å². The maximum Gasteiger partial charge on any atom is 0.116 e. The van der Waals surface area contributed by atoms with E-state index in [1.165, 1.54) is 5.69 Å². The fraction of sp³-hybridized carbons (Fsp3) is 0.444. The molecule has 1 aromatic heterocycles. The highest BCUT2D eigenvalue weighted by atomic mass is 16.3. The number of rotatable bonds is 4. The molecule has 2 aliphatic rings. The predicted molar refractivity (Wildman–Crippen MR) is 100 cm³/mol. The van der Waals surface area contributed by atoms with Crippen molar-refractivity contribution in [3.63, 3.8) is 0 Å². The van der Waals surface area contributed by atoms with E-state index in [-0.39, 0.29) is 6.61 Å². The molecule has 1 fully saturated rings. The lowest BCUT2D eigenvalue weighted by atomic mass is 10.0. The molecule has 1 saturated heterocycles. The van der Waals surface area contributed by atoms with Crippen LogP contribution < -0.4 is 10.2 Å². The van der Waals surface area contributed by atoms with Gasteiger partial charge >= 0.3 is 0 Å². The van der Waals surface area contributed by atoms with Gasteiger partial charge < -0.3 is 15.3 Å². The number of aliphatic hydroxyl groups is 1. The highest BCUT2D eigenvalue weighted by Crippen LogP contribution is 2.29. The number of hydrogen-bond acceptors (Lipinski definition) is 6. The number of aryl methyl sites for hydroxylation is 1. The van der Waals surface area contributed by atoms with Crippen molar-refractivity contribution in [2.24, 2.45) is 12.0 Å². The van der Waals surface area contributed by atoms with Crippen LogP contribution in [0.1, 0.15) is 5.56 Å². The van der Waals surface area contributed by atoms with E-state index in [9.17, 15) is 0 Å². The van der Waals surface area contributed by atoms with Crippen LogP contribution in [0.2, 0.25) is 0 Å². The van der Waals surface area contributed by atoms with Crippen LogP contribution in [0.15, 0.2) is 35.7 Å². The molecule has 2 aromatic rings. The number of β-amino-alcohol motifs (C(OH)–C–C–N with tert-alkyl or cyclic N) is 1. The summed E-state index contributed by atoms with van der Waals surface area (Å²) in [5.74, 6) is 0. The number of nitrogens with one attached hydrogen (secondary N) is 1. The van der Waals surface area contributed by atoms with Gasteiger partial charge in [-0.15, -0.1) is 0 Å². The quantitative estimate of drug-likeness (QED) is 0.851. The van der Waals surface area contributed by atoms with E-state index in [4.69, 9.17) is 5.11 Å². The Bertz CT molecular complexity index is 816. The van der Waals surface area contributed by atoms with E-state index in [2.05, 4.69) is 43.5 Å². The van der Waals surface area contributed by atoms with E-state index >= 15 is 0 Å². The summed E-state index contributed by atoms with van der Waals surface area (Å²) in [5, 5.41) is 18.2. The summed E-state index contributed by atoms with van der Waals surface area (Å²) in [5.41, 5.74) is 4.41. The fourth-order valence-electron chi connectivity index (χ4n) is 3.56. The van der Waals surface area contributed by atoms with Gasteiger partial charge in [0.2, 0.25) is 0 Å². The zero-order valence-electron chi connectivity index (χ0n) is 14.5. The van der Waals surface area contributed by atoms with Crippen molar-refractivity contribution in [2.75, 3.05) is 50.8 Å². The first-order valence-corrected chi connectivity index (χ1v) is 8.75. The molecular weight excluding hydrogens is 316 g/mol. The summed E-state index contributed by atoms with van der Waals surface area (Å²) >= 11 is 0. The van der Waals surface area contributed by atoms with Gasteiger partial charge in [0.15, 0.2) is 0 Å². The van der Waals surface area contributed by atoms with Gasteiger partial charge in [-0.05, 0) is 12.1 Å². The highest BCUT2D eigenvalue weighted by molar-refractivity contribution is 6.07. The monoisotopic (exact) mass is 340 g/mol. The lowest BCUT2D eigenvalue weighted by Crippen LogP contribution is -2.47. The number of anilines is 1. The van der Waals surface area contributed by atoms with Crippen LogP contribution in [0.4, 0.5) is 5.69 Å². The Morgan fingerprint density at radius 1 is 1.20 bits per heavy atom. The molecule has 2 N–H and O–H groups in total. The summed E-state index contributed by atoms with van der Waals surface area (Å²) in [4.78, 5) is 9.23. The molecule has 0 spiro atoms. The van der Waals surface area contributed by atoms with Crippen molar-refractivity contribution < 1.29 is 5.11 Å². The summed E-state index contributed by atoms with van der Waals surface area (Å²) in [6, 6.07) is 4.39. The van der Waals surface area contributed by atoms with Gasteiger partial charge in [0.05, 0.1) is 24.6 Å². The largest absolute Gasteiger partial charge is 0.395 e. The minimum absolute atomic E-state index is 0.223. The fourth-order valence-corrected chi connectivity index (χ4v) is 3.56. The zero-order chi connectivity index (χ0) is 17.2. The molecule has 1 aromatic carbocycles. The third-order valence-electron chi connectivity index (χ3n) is 4.86. The van der Waals surface area contributed by atoms with Crippen molar-refractivity contribution in [3.05, 3.63) is 36.3 Å². The normalized spacial score (nSPS) is 18.5. The van der Waals surface area contributed by atoms with Crippen molar-refractivity contribution in [1.29, 1.82) is 0 Å². The van der Waals surface area contributed by atoms with E-state index in [0.29, 0.717) is 0 Å². The Hall–Kier alpha value is -2.38. The highest BCUT2D eigenvalue weighted by Gasteiger charge is 2.21. The molecule has 0 amide bonds. The molecule has 0 unspecified atom stereocenters. The molecule has 3 heterocycles. The smallest absolute Gasteiger partial charge is 0.116 e. The number of fused-ring (bicyclic) bond motifs is 1. The number of nitrogens with zero attached hydrogens (tertiary/aromatic N) is 5. The Labute approximate surface area is 147 Å². The SMILES string of the molecule is Cn1cc2cc(C3=NC=CNC3)cc(N3CCN(CCO)CC3)c2n1. The first-order chi connectivity index (χ1) is 12.2. The van der Waals surface area contributed by atoms with Gasteiger partial charge in [-0.25, -0.2) is 0 Å². The zero-order valence-corrected chi connectivity index (χ0v) is 14.5. The topological polar surface area (TPSA) is 68.9 Å². The molecule has 7 nitrogen and oxygen atoms in total. The van der Waals surface area contributed by atoms with Crippen LogP contribution in [0.5, 0.6) is 0 Å². The molecule has 2 aliphatic heterocycles. The molecular formula is C18H24N6O. The van der Waals surface area contributed by atoms with E-state index < -0.39 is 0 Å². The second-order valence-corrected chi connectivity index (χ2v) is 6.56. The molecule has 7 heteroatoms.